The van der Waals surface area contributed by atoms with Crippen LogP contribution in [0.3, 0.4) is 0 Å². The molecule has 0 saturated carbocycles. The molecule has 2 heterocycles. The van der Waals surface area contributed by atoms with Gasteiger partial charge in [0.05, 0.1) is 31.9 Å². The number of nitrogens with one attached hydrogen (secondary N) is 2. The van der Waals surface area contributed by atoms with E-state index in [1.165, 1.54) is 31.4 Å². The lowest BCUT2D eigenvalue weighted by molar-refractivity contribution is -0.963. The molecule has 2 aliphatic heterocycles. The number of aryl methyl sites for hydroxylation is 1. The fourth-order valence-electron chi connectivity index (χ4n) is 5.34. The van der Waals surface area contributed by atoms with Crippen molar-refractivity contribution in [2.45, 2.75) is 57.7 Å². The number of ether oxygens (including phenoxy) is 2. The van der Waals surface area contributed by atoms with Crippen LogP contribution in [0.1, 0.15) is 43.2 Å². The van der Waals surface area contributed by atoms with Gasteiger partial charge >= 0.3 is 6.09 Å². The third-order valence-corrected chi connectivity index (χ3v) is 7.06. The van der Waals surface area contributed by atoms with E-state index in [-0.39, 0.29) is 6.10 Å². The van der Waals surface area contributed by atoms with Crippen LogP contribution >= 0.6 is 0 Å². The number of carbonyl (C=O) groups excluding carboxylic acids is 1. The maximum Gasteiger partial charge on any atom is 0.412 e. The Morgan fingerprint density at radius 3 is 2.75 bits per heavy atom. The normalized spacial score (nSPS) is 24.9. The van der Waals surface area contributed by atoms with Gasteiger partial charge in [0.15, 0.2) is 0 Å². The monoisotopic (exact) mass is 438 g/mol. The SMILES string of the molecule is COc1ccc(C)cc1NC(=O)OC1CC[N+]2(CNCc3ccccc3)CCCCC2C1. The van der Waals surface area contributed by atoms with Gasteiger partial charge in [-0.15, -0.1) is 0 Å². The summed E-state index contributed by atoms with van der Waals surface area (Å²) in [5.41, 5.74) is 3.04. The maximum absolute atomic E-state index is 12.6. The van der Waals surface area contributed by atoms with E-state index < -0.39 is 6.09 Å². The minimum Gasteiger partial charge on any atom is -0.495 e. The molecule has 2 aromatic rings. The van der Waals surface area contributed by atoms with E-state index in [1.54, 1.807) is 7.11 Å². The number of hydrogen-bond acceptors (Lipinski definition) is 4. The van der Waals surface area contributed by atoms with Gasteiger partial charge in [0.2, 0.25) is 0 Å². The quantitative estimate of drug-likeness (QED) is 0.608. The minimum atomic E-state index is -0.392. The number of amides is 1. The van der Waals surface area contributed by atoms with Gasteiger partial charge in [-0.25, -0.2) is 4.79 Å². The topological polar surface area (TPSA) is 59.6 Å². The molecule has 4 rings (SSSR count). The molecule has 0 bridgehead atoms. The second kappa shape index (κ2) is 10.4. The lowest BCUT2D eigenvalue weighted by Crippen LogP contribution is -2.65. The van der Waals surface area contributed by atoms with Crippen molar-refractivity contribution < 1.29 is 18.8 Å². The van der Waals surface area contributed by atoms with Crippen LogP contribution < -0.4 is 15.4 Å². The summed E-state index contributed by atoms with van der Waals surface area (Å²) in [6, 6.07) is 16.9. The number of piperidine rings is 2. The second-order valence-electron chi connectivity index (χ2n) is 9.27. The van der Waals surface area contributed by atoms with Crippen LogP contribution in [-0.2, 0) is 11.3 Å². The first kappa shape index (κ1) is 22.6. The van der Waals surface area contributed by atoms with Crippen molar-refractivity contribution in [3.63, 3.8) is 0 Å². The second-order valence-corrected chi connectivity index (χ2v) is 9.27. The average molecular weight is 439 g/mol. The zero-order chi connectivity index (χ0) is 22.4. The third kappa shape index (κ3) is 5.43. The Balaban J connectivity index is 1.32. The van der Waals surface area contributed by atoms with Crippen LogP contribution in [-0.4, -0.2) is 49.6 Å². The van der Waals surface area contributed by atoms with Crippen LogP contribution in [0.25, 0.3) is 0 Å². The largest absolute Gasteiger partial charge is 0.495 e. The Morgan fingerprint density at radius 1 is 1.09 bits per heavy atom. The summed E-state index contributed by atoms with van der Waals surface area (Å²) in [6.07, 6.45) is 5.17. The molecule has 6 nitrogen and oxygen atoms in total. The number of carbonyl (C=O) groups is 1. The summed E-state index contributed by atoms with van der Waals surface area (Å²) in [7, 11) is 1.61. The van der Waals surface area contributed by atoms with Gasteiger partial charge in [-0.2, -0.15) is 0 Å². The Bertz CT molecular complexity index is 904. The zero-order valence-electron chi connectivity index (χ0n) is 19.3. The molecular formula is C26H36N3O3+. The van der Waals surface area contributed by atoms with E-state index >= 15 is 0 Å². The first-order chi connectivity index (χ1) is 15.6. The summed E-state index contributed by atoms with van der Waals surface area (Å²) in [5.74, 6) is 0.642. The fraction of sp³-hybridized carbons (Fsp3) is 0.500. The summed E-state index contributed by atoms with van der Waals surface area (Å²) < 4.78 is 12.3. The van der Waals surface area contributed by atoms with Crippen molar-refractivity contribution in [1.29, 1.82) is 0 Å². The number of hydrogen-bond donors (Lipinski definition) is 2. The lowest BCUT2D eigenvalue weighted by atomic mass is 9.88. The highest BCUT2D eigenvalue weighted by atomic mass is 16.6. The summed E-state index contributed by atoms with van der Waals surface area (Å²) >= 11 is 0. The highest BCUT2D eigenvalue weighted by Gasteiger charge is 2.45. The molecule has 2 fully saturated rings. The number of fused-ring (bicyclic) bond motifs is 1. The molecule has 2 N–H and O–H groups in total. The molecule has 0 radical (unpaired) electrons. The van der Waals surface area contributed by atoms with Crippen molar-refractivity contribution in [3.05, 3.63) is 59.7 Å². The standard InChI is InChI=1S/C26H35N3O3/c1-20-11-12-25(31-2)24(16-20)28-26(30)32-23-13-15-29(14-7-6-10-22(29)17-23)19-27-18-21-8-4-3-5-9-21/h3-5,8-9,11-12,16,22-23,27H,6-7,10,13-15,17-19H2,1-2H3/p+1. The average Bonchev–Trinajstić information content (AvgIpc) is 2.80. The van der Waals surface area contributed by atoms with Crippen molar-refractivity contribution in [3.8, 4) is 5.75 Å². The van der Waals surface area contributed by atoms with Crippen molar-refractivity contribution in [2.75, 3.05) is 32.2 Å². The van der Waals surface area contributed by atoms with Crippen molar-refractivity contribution >= 4 is 11.8 Å². The number of nitrogens with zero attached hydrogens (tertiary/aromatic N) is 1. The highest BCUT2D eigenvalue weighted by molar-refractivity contribution is 5.87. The van der Waals surface area contributed by atoms with E-state index in [9.17, 15) is 4.79 Å². The van der Waals surface area contributed by atoms with Crippen molar-refractivity contribution in [1.82, 2.24) is 5.32 Å². The van der Waals surface area contributed by atoms with Crippen LogP contribution in [0.15, 0.2) is 48.5 Å². The maximum atomic E-state index is 12.6. The van der Waals surface area contributed by atoms with E-state index in [0.29, 0.717) is 17.5 Å². The van der Waals surface area contributed by atoms with E-state index in [0.717, 1.165) is 42.6 Å². The summed E-state index contributed by atoms with van der Waals surface area (Å²) in [4.78, 5) is 12.6. The molecule has 2 aromatic carbocycles. The number of rotatable bonds is 7. The van der Waals surface area contributed by atoms with Gasteiger partial charge in [-0.05, 0) is 49.4 Å². The Kier molecular flexibility index (Phi) is 7.33. The minimum absolute atomic E-state index is 0.0331. The number of methoxy groups -OCH3 is 1. The molecule has 2 aliphatic rings. The van der Waals surface area contributed by atoms with E-state index in [4.69, 9.17) is 9.47 Å². The van der Waals surface area contributed by atoms with E-state index in [2.05, 4.69) is 41.0 Å². The number of benzene rings is 2. The smallest absolute Gasteiger partial charge is 0.412 e. The van der Waals surface area contributed by atoms with Gasteiger partial charge in [0, 0.05) is 19.4 Å². The van der Waals surface area contributed by atoms with Gasteiger partial charge in [-0.1, -0.05) is 36.4 Å². The molecule has 2 saturated heterocycles. The molecule has 172 valence electrons. The molecular weight excluding hydrogens is 402 g/mol. The van der Waals surface area contributed by atoms with Gasteiger partial charge in [-0.3, -0.25) is 10.6 Å². The van der Waals surface area contributed by atoms with Crippen LogP contribution in [0.4, 0.5) is 10.5 Å². The molecule has 1 amide bonds. The molecule has 0 aromatic heterocycles. The van der Waals surface area contributed by atoms with Gasteiger partial charge < -0.3 is 14.0 Å². The zero-order valence-corrected chi connectivity index (χ0v) is 19.3. The van der Waals surface area contributed by atoms with Gasteiger partial charge in [0.1, 0.15) is 18.5 Å². The van der Waals surface area contributed by atoms with Crippen molar-refractivity contribution in [2.24, 2.45) is 0 Å². The predicted molar refractivity (Wildman–Crippen MR) is 127 cm³/mol. The Labute approximate surface area is 191 Å². The van der Waals surface area contributed by atoms with Gasteiger partial charge in [0.25, 0.3) is 0 Å². The molecule has 32 heavy (non-hydrogen) atoms. The summed E-state index contributed by atoms with van der Waals surface area (Å²) in [6.45, 7) is 6.14. The molecule has 6 heteroatoms. The van der Waals surface area contributed by atoms with Crippen LogP contribution in [0.5, 0.6) is 5.75 Å². The Morgan fingerprint density at radius 2 is 1.94 bits per heavy atom. The third-order valence-electron chi connectivity index (χ3n) is 7.06. The molecule has 3 atom stereocenters. The molecule has 3 unspecified atom stereocenters. The first-order valence-corrected chi connectivity index (χ1v) is 11.8. The predicted octanol–water partition coefficient (Wildman–Crippen LogP) is 4.83. The fourth-order valence-corrected chi connectivity index (χ4v) is 5.34. The van der Waals surface area contributed by atoms with Crippen LogP contribution in [0.2, 0.25) is 0 Å². The lowest BCUT2D eigenvalue weighted by Gasteiger charge is -2.51. The number of anilines is 1. The Hall–Kier alpha value is -2.57. The summed E-state index contributed by atoms with van der Waals surface area (Å²) in [5, 5.41) is 6.59. The van der Waals surface area contributed by atoms with Crippen LogP contribution in [0, 0.1) is 6.92 Å². The first-order valence-electron chi connectivity index (χ1n) is 11.8. The van der Waals surface area contributed by atoms with E-state index in [1.807, 2.05) is 25.1 Å². The number of quaternary nitrogens is 1. The molecule has 0 aliphatic carbocycles. The highest BCUT2D eigenvalue weighted by Crippen LogP contribution is 2.35. The molecule has 0 spiro atoms.